The summed E-state index contributed by atoms with van der Waals surface area (Å²) in [5, 5.41) is 0. The summed E-state index contributed by atoms with van der Waals surface area (Å²) in [6.07, 6.45) is -4.75. The molecule has 104 valence electrons. The number of carbonyl (C=O) groups is 1. The third-order valence-corrected chi connectivity index (χ3v) is 2.67. The van der Waals surface area contributed by atoms with Gasteiger partial charge in [-0.3, -0.25) is 4.79 Å². The SMILES string of the molecule is NC(=O)c1c(C(F)(F)F)cc(-c2ccccc2)nc1N. The van der Waals surface area contributed by atoms with E-state index in [9.17, 15) is 18.0 Å². The Bertz CT molecular complexity index is 654. The van der Waals surface area contributed by atoms with E-state index in [-0.39, 0.29) is 5.69 Å². The number of benzene rings is 1. The summed E-state index contributed by atoms with van der Waals surface area (Å²) in [4.78, 5) is 15.0. The van der Waals surface area contributed by atoms with Gasteiger partial charge in [0.15, 0.2) is 0 Å². The first-order valence-corrected chi connectivity index (χ1v) is 5.53. The molecule has 2 aromatic rings. The van der Waals surface area contributed by atoms with E-state index in [4.69, 9.17) is 11.5 Å². The van der Waals surface area contributed by atoms with Crippen molar-refractivity contribution >= 4 is 11.7 Å². The molecule has 0 saturated heterocycles. The molecule has 0 spiro atoms. The Morgan fingerprint density at radius 3 is 2.25 bits per heavy atom. The first kappa shape index (κ1) is 13.9. The van der Waals surface area contributed by atoms with Gasteiger partial charge in [-0.15, -0.1) is 0 Å². The van der Waals surface area contributed by atoms with Crippen LogP contribution in [0.4, 0.5) is 19.0 Å². The molecule has 1 amide bonds. The minimum atomic E-state index is -4.75. The molecule has 4 nitrogen and oxygen atoms in total. The molecule has 1 heterocycles. The summed E-state index contributed by atoms with van der Waals surface area (Å²) >= 11 is 0. The highest BCUT2D eigenvalue weighted by Crippen LogP contribution is 2.36. The fraction of sp³-hybridized carbons (Fsp3) is 0.0769. The molecular weight excluding hydrogens is 271 g/mol. The van der Waals surface area contributed by atoms with Crippen LogP contribution in [0.1, 0.15) is 15.9 Å². The molecule has 1 aromatic heterocycles. The van der Waals surface area contributed by atoms with Crippen LogP contribution in [0.3, 0.4) is 0 Å². The van der Waals surface area contributed by atoms with E-state index in [1.165, 1.54) is 0 Å². The maximum absolute atomic E-state index is 13.0. The van der Waals surface area contributed by atoms with Crippen LogP contribution >= 0.6 is 0 Å². The highest BCUT2D eigenvalue weighted by molar-refractivity contribution is 5.99. The lowest BCUT2D eigenvalue weighted by atomic mass is 10.0. The number of alkyl halides is 3. The number of amides is 1. The Morgan fingerprint density at radius 2 is 1.75 bits per heavy atom. The van der Waals surface area contributed by atoms with Crippen molar-refractivity contribution in [2.75, 3.05) is 5.73 Å². The molecule has 20 heavy (non-hydrogen) atoms. The topological polar surface area (TPSA) is 82.0 Å². The third-order valence-electron chi connectivity index (χ3n) is 2.67. The predicted molar refractivity (Wildman–Crippen MR) is 67.6 cm³/mol. The standard InChI is InChI=1S/C13H10F3N3O/c14-13(15,16)8-6-9(7-4-2-1-3-5-7)19-11(17)10(8)12(18)20/h1-6H,(H2,17,19)(H2,18,20). The molecule has 0 aliphatic rings. The average Bonchev–Trinajstić information content (AvgIpc) is 2.37. The summed E-state index contributed by atoms with van der Waals surface area (Å²) < 4.78 is 39.0. The number of anilines is 1. The molecule has 0 aliphatic carbocycles. The first-order valence-electron chi connectivity index (χ1n) is 5.53. The number of hydrogen-bond acceptors (Lipinski definition) is 3. The molecule has 2 rings (SSSR count). The van der Waals surface area contributed by atoms with E-state index in [2.05, 4.69) is 4.98 Å². The second kappa shape index (κ2) is 4.84. The fourth-order valence-corrected chi connectivity index (χ4v) is 1.80. The Labute approximate surface area is 112 Å². The van der Waals surface area contributed by atoms with Gasteiger partial charge in [-0.1, -0.05) is 30.3 Å². The average molecular weight is 281 g/mol. The second-order valence-electron chi connectivity index (χ2n) is 4.04. The van der Waals surface area contributed by atoms with E-state index in [0.717, 1.165) is 6.07 Å². The van der Waals surface area contributed by atoms with Crippen LogP contribution in [0, 0.1) is 0 Å². The van der Waals surface area contributed by atoms with Crippen LogP contribution in [0.25, 0.3) is 11.3 Å². The second-order valence-corrected chi connectivity index (χ2v) is 4.04. The van der Waals surface area contributed by atoms with Gasteiger partial charge in [0.05, 0.1) is 16.8 Å². The molecule has 0 atom stereocenters. The Balaban J connectivity index is 2.71. The van der Waals surface area contributed by atoms with Crippen molar-refractivity contribution in [3.8, 4) is 11.3 Å². The van der Waals surface area contributed by atoms with Crippen LogP contribution in [0.15, 0.2) is 36.4 Å². The van der Waals surface area contributed by atoms with Gasteiger partial charge >= 0.3 is 6.18 Å². The maximum atomic E-state index is 13.0. The molecule has 4 N–H and O–H groups in total. The van der Waals surface area contributed by atoms with Gasteiger partial charge in [0.2, 0.25) is 0 Å². The maximum Gasteiger partial charge on any atom is 0.417 e. The summed E-state index contributed by atoms with van der Waals surface area (Å²) in [6.45, 7) is 0. The smallest absolute Gasteiger partial charge is 0.383 e. The van der Waals surface area contributed by atoms with Crippen molar-refractivity contribution in [3.63, 3.8) is 0 Å². The van der Waals surface area contributed by atoms with Gasteiger partial charge in [0.25, 0.3) is 5.91 Å². The predicted octanol–water partition coefficient (Wildman–Crippen LogP) is 2.45. The van der Waals surface area contributed by atoms with E-state index in [1.54, 1.807) is 30.3 Å². The molecule has 0 saturated carbocycles. The lowest BCUT2D eigenvalue weighted by Gasteiger charge is -2.14. The number of primary amides is 1. The van der Waals surface area contributed by atoms with Gasteiger partial charge in [-0.2, -0.15) is 13.2 Å². The number of carbonyl (C=O) groups excluding carboxylic acids is 1. The Hall–Kier alpha value is -2.57. The van der Waals surface area contributed by atoms with E-state index >= 15 is 0 Å². The van der Waals surface area contributed by atoms with Gasteiger partial charge < -0.3 is 11.5 Å². The third kappa shape index (κ3) is 2.56. The van der Waals surface area contributed by atoms with Crippen molar-refractivity contribution < 1.29 is 18.0 Å². The molecule has 0 fully saturated rings. The first-order chi connectivity index (χ1) is 9.30. The van der Waals surface area contributed by atoms with Crippen molar-refractivity contribution in [1.82, 2.24) is 4.98 Å². The van der Waals surface area contributed by atoms with Crippen molar-refractivity contribution in [2.24, 2.45) is 5.73 Å². The van der Waals surface area contributed by atoms with Crippen LogP contribution in [0.2, 0.25) is 0 Å². The number of rotatable bonds is 2. The van der Waals surface area contributed by atoms with Crippen molar-refractivity contribution in [1.29, 1.82) is 0 Å². The minimum absolute atomic E-state index is 0.0282. The van der Waals surface area contributed by atoms with E-state index in [0.29, 0.717) is 5.56 Å². The fourth-order valence-electron chi connectivity index (χ4n) is 1.80. The van der Waals surface area contributed by atoms with Crippen molar-refractivity contribution in [2.45, 2.75) is 6.18 Å². The Morgan fingerprint density at radius 1 is 1.15 bits per heavy atom. The number of nitrogens with two attached hydrogens (primary N) is 2. The van der Waals surface area contributed by atoms with Gasteiger partial charge in [0.1, 0.15) is 5.82 Å². The monoisotopic (exact) mass is 281 g/mol. The molecule has 0 unspecified atom stereocenters. The molecule has 7 heteroatoms. The molecule has 0 radical (unpaired) electrons. The van der Waals surface area contributed by atoms with E-state index < -0.39 is 29.0 Å². The highest BCUT2D eigenvalue weighted by Gasteiger charge is 2.37. The summed E-state index contributed by atoms with van der Waals surface area (Å²) in [5.41, 5.74) is 8.88. The van der Waals surface area contributed by atoms with Gasteiger partial charge in [-0.25, -0.2) is 4.98 Å². The number of halogens is 3. The minimum Gasteiger partial charge on any atom is -0.383 e. The summed E-state index contributed by atoms with van der Waals surface area (Å²) in [7, 11) is 0. The number of hydrogen-bond donors (Lipinski definition) is 2. The largest absolute Gasteiger partial charge is 0.417 e. The molecule has 0 aliphatic heterocycles. The normalized spacial score (nSPS) is 11.3. The zero-order chi connectivity index (χ0) is 14.9. The number of nitrogen functional groups attached to an aromatic ring is 1. The van der Waals surface area contributed by atoms with Crippen LogP contribution in [-0.4, -0.2) is 10.9 Å². The number of nitrogens with zero attached hydrogens (tertiary/aromatic N) is 1. The van der Waals surface area contributed by atoms with Crippen LogP contribution < -0.4 is 11.5 Å². The zero-order valence-electron chi connectivity index (χ0n) is 10.1. The summed E-state index contributed by atoms with van der Waals surface area (Å²) in [5.74, 6) is -1.80. The van der Waals surface area contributed by atoms with Gasteiger partial charge in [0, 0.05) is 5.56 Å². The van der Waals surface area contributed by atoms with E-state index in [1.807, 2.05) is 0 Å². The highest BCUT2D eigenvalue weighted by atomic mass is 19.4. The lowest BCUT2D eigenvalue weighted by Crippen LogP contribution is -2.22. The number of pyridine rings is 1. The van der Waals surface area contributed by atoms with Gasteiger partial charge in [-0.05, 0) is 6.07 Å². The Kier molecular flexibility index (Phi) is 3.35. The van der Waals surface area contributed by atoms with Crippen molar-refractivity contribution in [3.05, 3.63) is 47.5 Å². The number of aromatic nitrogens is 1. The molecular formula is C13H10F3N3O. The quantitative estimate of drug-likeness (QED) is 0.887. The molecule has 0 bridgehead atoms. The van der Waals surface area contributed by atoms with Crippen LogP contribution in [0.5, 0.6) is 0 Å². The zero-order valence-corrected chi connectivity index (χ0v) is 10.1. The van der Waals surface area contributed by atoms with Crippen LogP contribution in [-0.2, 0) is 6.18 Å². The molecule has 1 aromatic carbocycles. The lowest BCUT2D eigenvalue weighted by molar-refractivity contribution is -0.137. The summed E-state index contributed by atoms with van der Waals surface area (Å²) in [6, 6.07) is 8.98.